The largest absolute Gasteiger partial charge is 0.492 e. The Bertz CT molecular complexity index is 1340. The van der Waals surface area contributed by atoms with E-state index in [2.05, 4.69) is 15.0 Å². The number of aromatic amines is 1. The number of hydrogen-bond acceptors (Lipinski definition) is 7. The fourth-order valence-electron chi connectivity index (χ4n) is 4.62. The van der Waals surface area contributed by atoms with E-state index >= 15 is 0 Å². The average Bonchev–Trinajstić information content (AvgIpc) is 3.37. The van der Waals surface area contributed by atoms with E-state index in [1.165, 1.54) is 21.9 Å². The third-order valence-corrected chi connectivity index (χ3v) is 7.08. The van der Waals surface area contributed by atoms with Gasteiger partial charge in [0.2, 0.25) is 5.91 Å². The highest BCUT2D eigenvalue weighted by atomic mass is 19.4. The van der Waals surface area contributed by atoms with Gasteiger partial charge in [-0.15, -0.1) is 5.06 Å². The van der Waals surface area contributed by atoms with Crippen molar-refractivity contribution in [3.8, 4) is 0 Å². The topological polar surface area (TPSA) is 116 Å². The number of piperazine rings is 1. The van der Waals surface area contributed by atoms with Gasteiger partial charge in [-0.25, -0.2) is 14.3 Å². The number of carbonyl (C=O) groups excluding carboxylic acids is 3. The number of nitrogens with one attached hydrogen (secondary N) is 1. The summed E-state index contributed by atoms with van der Waals surface area (Å²) in [6.07, 6.45) is -4.62. The number of rotatable bonds is 5. The maximum atomic E-state index is 14.6. The second-order valence-corrected chi connectivity index (χ2v) is 9.61. The van der Waals surface area contributed by atoms with E-state index < -0.39 is 29.8 Å². The molecule has 1 unspecified atom stereocenters. The van der Waals surface area contributed by atoms with Crippen LogP contribution in [0.1, 0.15) is 39.2 Å². The van der Waals surface area contributed by atoms with Gasteiger partial charge in [0.1, 0.15) is 5.82 Å². The molecule has 2 aliphatic heterocycles. The minimum Gasteiger partial charge on any atom is -0.361 e. The zero-order valence-corrected chi connectivity index (χ0v) is 21.3. The van der Waals surface area contributed by atoms with E-state index in [4.69, 9.17) is 0 Å². The number of nitrogens with zero attached hydrogens (tertiary/aromatic N) is 4. The molecule has 1 aromatic heterocycles. The summed E-state index contributed by atoms with van der Waals surface area (Å²) < 4.78 is 51.9. The van der Waals surface area contributed by atoms with Crippen LogP contribution in [0.4, 0.5) is 17.6 Å². The summed E-state index contributed by atoms with van der Waals surface area (Å²) in [5.74, 6) is -4.51. The number of carbonyl (C=O) groups is 3. The van der Waals surface area contributed by atoms with Crippen molar-refractivity contribution in [2.24, 2.45) is 5.92 Å². The highest BCUT2D eigenvalue weighted by Crippen LogP contribution is 2.24. The van der Waals surface area contributed by atoms with Crippen LogP contribution in [0.15, 0.2) is 23.0 Å². The maximum absolute atomic E-state index is 14.6. The quantitative estimate of drug-likeness (QED) is 0.561. The molecule has 0 aliphatic carbocycles. The molecule has 10 nitrogen and oxygen atoms in total. The minimum absolute atomic E-state index is 0.0000275. The molecule has 0 spiro atoms. The Balaban J connectivity index is 1.35. The van der Waals surface area contributed by atoms with Crippen LogP contribution in [0.2, 0.25) is 0 Å². The van der Waals surface area contributed by atoms with Crippen LogP contribution in [0.5, 0.6) is 0 Å². The highest BCUT2D eigenvalue weighted by molar-refractivity contribution is 5.95. The average molecular weight is 554 g/mol. The van der Waals surface area contributed by atoms with Crippen LogP contribution < -0.4 is 5.56 Å². The lowest BCUT2D eigenvalue weighted by molar-refractivity contribution is -0.235. The van der Waals surface area contributed by atoms with Crippen molar-refractivity contribution >= 4 is 17.8 Å². The highest BCUT2D eigenvalue weighted by Gasteiger charge is 2.44. The lowest BCUT2D eigenvalue weighted by Crippen LogP contribution is -2.52. The second kappa shape index (κ2) is 11.1. The Hall–Kier alpha value is -3.81. The van der Waals surface area contributed by atoms with E-state index in [9.17, 15) is 36.7 Å². The molecule has 2 fully saturated rings. The lowest BCUT2D eigenvalue weighted by atomic mass is 10.0. The molecule has 2 aromatic rings. The summed E-state index contributed by atoms with van der Waals surface area (Å²) in [6, 6.07) is 4.20. The summed E-state index contributed by atoms with van der Waals surface area (Å²) in [4.78, 5) is 56.0. The molecular weight excluding hydrogens is 526 g/mol. The number of hydroxylamine groups is 2. The first kappa shape index (κ1) is 28.2. The molecule has 0 radical (unpaired) electrons. The SMILES string of the molecule is Cc1c(Cc2ccc(F)c(C(=O)N3CCN(C(=O)C4CCN(OC(=O)C(F)(F)F)C4)CC3)c2)n[nH]c(=O)c1C. The predicted octanol–water partition coefficient (Wildman–Crippen LogP) is 1.74. The Labute approximate surface area is 220 Å². The number of aromatic nitrogens is 2. The van der Waals surface area contributed by atoms with Crippen molar-refractivity contribution < 1.29 is 36.8 Å². The van der Waals surface area contributed by atoms with Crippen LogP contribution in [0, 0.1) is 25.6 Å². The normalized spacial score (nSPS) is 18.4. The van der Waals surface area contributed by atoms with Crippen LogP contribution >= 0.6 is 0 Å². The van der Waals surface area contributed by atoms with Gasteiger partial charge < -0.3 is 14.6 Å². The van der Waals surface area contributed by atoms with Gasteiger partial charge in [-0.1, -0.05) is 6.07 Å². The molecule has 2 saturated heterocycles. The van der Waals surface area contributed by atoms with E-state index in [-0.39, 0.29) is 69.1 Å². The van der Waals surface area contributed by atoms with E-state index in [1.807, 2.05) is 0 Å². The van der Waals surface area contributed by atoms with Gasteiger partial charge in [0.25, 0.3) is 11.5 Å². The second-order valence-electron chi connectivity index (χ2n) is 9.61. The number of hydrogen-bond donors (Lipinski definition) is 1. The van der Waals surface area contributed by atoms with Gasteiger partial charge in [-0.05, 0) is 43.5 Å². The standard InChI is InChI=1S/C25H27F4N5O5/c1-14-15(2)21(35)31-30-20(14)12-16-3-4-19(26)18(11-16)23(37)33-9-7-32(8-10-33)22(36)17-5-6-34(13-17)39-24(38)25(27,28)29/h3-4,11,17H,5-10,12-13H2,1-2H3,(H,31,35). The van der Waals surface area contributed by atoms with Gasteiger partial charge >= 0.3 is 12.1 Å². The van der Waals surface area contributed by atoms with E-state index in [0.29, 0.717) is 22.4 Å². The number of H-pyrrole nitrogens is 1. The molecule has 3 heterocycles. The molecule has 2 amide bonds. The smallest absolute Gasteiger partial charge is 0.361 e. The van der Waals surface area contributed by atoms with E-state index in [0.717, 1.165) is 5.06 Å². The van der Waals surface area contributed by atoms with Gasteiger partial charge in [-0.2, -0.15) is 18.3 Å². The Kier molecular flexibility index (Phi) is 8.04. The van der Waals surface area contributed by atoms with Gasteiger partial charge in [0.05, 0.1) is 17.2 Å². The number of alkyl halides is 3. The number of halogens is 4. The fraction of sp³-hybridized carbons (Fsp3) is 0.480. The van der Waals surface area contributed by atoms with E-state index in [1.54, 1.807) is 19.9 Å². The minimum atomic E-state index is -5.12. The van der Waals surface area contributed by atoms with Crippen molar-refractivity contribution in [3.05, 3.63) is 62.3 Å². The van der Waals surface area contributed by atoms with Gasteiger partial charge in [0, 0.05) is 51.3 Å². The van der Waals surface area contributed by atoms with Crippen molar-refractivity contribution in [2.75, 3.05) is 39.3 Å². The Morgan fingerprint density at radius 3 is 2.38 bits per heavy atom. The molecule has 2 aliphatic rings. The first-order valence-corrected chi connectivity index (χ1v) is 12.3. The van der Waals surface area contributed by atoms with Crippen molar-refractivity contribution in [3.63, 3.8) is 0 Å². The zero-order valence-electron chi connectivity index (χ0n) is 21.3. The third kappa shape index (κ3) is 6.27. The van der Waals surface area contributed by atoms with Crippen molar-refractivity contribution in [1.29, 1.82) is 0 Å². The predicted molar refractivity (Wildman–Crippen MR) is 128 cm³/mol. The third-order valence-electron chi connectivity index (χ3n) is 7.08. The molecule has 1 aromatic carbocycles. The van der Waals surface area contributed by atoms with Crippen LogP contribution in [-0.4, -0.2) is 88.3 Å². The zero-order chi connectivity index (χ0) is 28.5. The summed E-state index contributed by atoms with van der Waals surface area (Å²) in [7, 11) is 0. The lowest BCUT2D eigenvalue weighted by Gasteiger charge is -2.36. The Morgan fingerprint density at radius 1 is 1.05 bits per heavy atom. The van der Waals surface area contributed by atoms with Crippen LogP contribution in [-0.2, 0) is 20.8 Å². The summed E-state index contributed by atoms with van der Waals surface area (Å²) in [6.45, 7) is 3.92. The van der Waals surface area contributed by atoms with Gasteiger partial charge in [-0.3, -0.25) is 14.4 Å². The fourth-order valence-corrected chi connectivity index (χ4v) is 4.62. The van der Waals surface area contributed by atoms with Crippen LogP contribution in [0.3, 0.4) is 0 Å². The molecule has 0 saturated carbocycles. The monoisotopic (exact) mass is 553 g/mol. The maximum Gasteiger partial charge on any atom is 0.492 e. The molecule has 1 N–H and O–H groups in total. The first-order valence-electron chi connectivity index (χ1n) is 12.3. The molecule has 14 heteroatoms. The number of benzene rings is 1. The Morgan fingerprint density at radius 2 is 1.72 bits per heavy atom. The van der Waals surface area contributed by atoms with Crippen molar-refractivity contribution in [1.82, 2.24) is 25.1 Å². The number of amides is 2. The molecule has 0 bridgehead atoms. The molecule has 4 rings (SSSR count). The van der Waals surface area contributed by atoms with Gasteiger partial charge in [0.15, 0.2) is 0 Å². The summed E-state index contributed by atoms with van der Waals surface area (Å²) in [5, 5.41) is 7.32. The first-order chi connectivity index (χ1) is 18.3. The molecule has 39 heavy (non-hydrogen) atoms. The summed E-state index contributed by atoms with van der Waals surface area (Å²) >= 11 is 0. The van der Waals surface area contributed by atoms with Crippen molar-refractivity contribution in [2.45, 2.75) is 32.9 Å². The molecule has 1 atom stereocenters. The van der Waals surface area contributed by atoms with Crippen LogP contribution in [0.25, 0.3) is 0 Å². The molecular formula is C25H27F4N5O5. The summed E-state index contributed by atoms with van der Waals surface area (Å²) in [5.41, 5.74) is 2.05. The molecule has 210 valence electrons.